The molecule has 0 unspecified atom stereocenters. The van der Waals surface area contributed by atoms with Crippen molar-refractivity contribution in [2.75, 3.05) is 14.1 Å². The first-order valence-electron chi connectivity index (χ1n) is 7.31. The monoisotopic (exact) mass is 337 g/mol. The van der Waals surface area contributed by atoms with Gasteiger partial charge < -0.3 is 4.90 Å². The molecule has 2 aromatic carbocycles. The summed E-state index contributed by atoms with van der Waals surface area (Å²) >= 11 is 3.43. The molecule has 0 bridgehead atoms. The maximum atomic E-state index is 4.80. The van der Waals surface area contributed by atoms with Gasteiger partial charge in [-0.3, -0.25) is 0 Å². The van der Waals surface area contributed by atoms with Gasteiger partial charge in [-0.25, -0.2) is 9.97 Å². The molecule has 4 rings (SSSR count). The van der Waals surface area contributed by atoms with Crippen LogP contribution in [0.1, 0.15) is 10.0 Å². The first-order chi connectivity index (χ1) is 11.2. The smallest absolute Gasteiger partial charge is 0.129 e. The number of hydrogen-bond acceptors (Lipinski definition) is 5. The van der Waals surface area contributed by atoms with E-state index in [-0.39, 0.29) is 0 Å². The van der Waals surface area contributed by atoms with Gasteiger partial charge in [-0.2, -0.15) is 0 Å². The molecule has 0 radical (unpaired) electrons. The van der Waals surface area contributed by atoms with Crippen LogP contribution in [0.25, 0.3) is 26.0 Å². The summed E-state index contributed by atoms with van der Waals surface area (Å²) in [7, 11) is 4.06. The first kappa shape index (κ1) is 14.4. The lowest BCUT2D eigenvalue weighted by atomic mass is 10.3. The third-order valence-electron chi connectivity index (χ3n) is 3.44. The lowest BCUT2D eigenvalue weighted by molar-refractivity contribution is 0.565. The molecule has 0 saturated carbocycles. The van der Waals surface area contributed by atoms with Crippen molar-refractivity contribution >= 4 is 48.7 Å². The molecule has 0 amide bonds. The molecular formula is C18H15N3S2. The van der Waals surface area contributed by atoms with E-state index in [9.17, 15) is 0 Å². The van der Waals surface area contributed by atoms with Crippen molar-refractivity contribution in [2.24, 2.45) is 0 Å². The second-order valence-corrected chi connectivity index (χ2v) is 7.54. The molecule has 5 heteroatoms. The Balaban J connectivity index is 1.90. The van der Waals surface area contributed by atoms with Gasteiger partial charge in [-0.05, 0) is 24.3 Å². The largest absolute Gasteiger partial charge is 0.383 e. The van der Waals surface area contributed by atoms with E-state index in [0.717, 1.165) is 26.6 Å². The summed E-state index contributed by atoms with van der Waals surface area (Å²) in [6.07, 6.45) is 2.11. The van der Waals surface area contributed by atoms with Crippen molar-refractivity contribution in [1.29, 1.82) is 0 Å². The van der Waals surface area contributed by atoms with Crippen LogP contribution >= 0.6 is 22.7 Å². The number of aromatic nitrogens is 2. The number of para-hydroxylation sites is 2. The number of nitrogens with zero attached hydrogens (tertiary/aromatic N) is 3. The van der Waals surface area contributed by atoms with E-state index in [0.29, 0.717) is 0 Å². The van der Waals surface area contributed by atoms with Crippen molar-refractivity contribution in [3.63, 3.8) is 0 Å². The highest BCUT2D eigenvalue weighted by Gasteiger charge is 2.15. The molecule has 4 aromatic rings. The van der Waals surface area contributed by atoms with Gasteiger partial charge in [-0.15, -0.1) is 22.7 Å². The normalized spacial score (nSPS) is 11.0. The van der Waals surface area contributed by atoms with Gasteiger partial charge in [0.25, 0.3) is 0 Å². The van der Waals surface area contributed by atoms with Crippen LogP contribution < -0.4 is 0 Å². The lowest BCUT2D eigenvalue weighted by Crippen LogP contribution is -2.03. The fraction of sp³-hybridized carbons (Fsp3) is 0.111. The van der Waals surface area contributed by atoms with Crippen LogP contribution in [-0.4, -0.2) is 29.0 Å². The maximum Gasteiger partial charge on any atom is 0.129 e. The van der Waals surface area contributed by atoms with Crippen molar-refractivity contribution in [2.45, 2.75) is 0 Å². The van der Waals surface area contributed by atoms with Crippen molar-refractivity contribution in [1.82, 2.24) is 14.9 Å². The number of rotatable bonds is 3. The average Bonchev–Trinajstić information content (AvgIpc) is 3.15. The van der Waals surface area contributed by atoms with Gasteiger partial charge in [0.2, 0.25) is 0 Å². The van der Waals surface area contributed by atoms with E-state index in [1.54, 1.807) is 22.7 Å². The van der Waals surface area contributed by atoms with E-state index in [2.05, 4.69) is 42.6 Å². The summed E-state index contributed by atoms with van der Waals surface area (Å²) in [6.45, 7) is 0. The Morgan fingerprint density at radius 2 is 1.30 bits per heavy atom. The second kappa shape index (κ2) is 5.76. The fourth-order valence-corrected chi connectivity index (χ4v) is 4.45. The first-order valence-corrected chi connectivity index (χ1v) is 8.94. The Morgan fingerprint density at radius 1 is 0.826 bits per heavy atom. The van der Waals surface area contributed by atoms with Gasteiger partial charge >= 0.3 is 0 Å². The third-order valence-corrected chi connectivity index (χ3v) is 5.58. The minimum atomic E-state index is 1.01. The van der Waals surface area contributed by atoms with Gasteiger partial charge in [0.05, 0.1) is 26.0 Å². The van der Waals surface area contributed by atoms with Crippen LogP contribution in [0.4, 0.5) is 0 Å². The highest BCUT2D eigenvalue weighted by Crippen LogP contribution is 2.35. The van der Waals surface area contributed by atoms with Crippen molar-refractivity contribution < 1.29 is 0 Å². The minimum Gasteiger partial charge on any atom is -0.383 e. The predicted molar refractivity (Wildman–Crippen MR) is 100 cm³/mol. The molecule has 2 aromatic heterocycles. The van der Waals surface area contributed by atoms with Crippen LogP contribution in [0.2, 0.25) is 0 Å². The fourth-order valence-electron chi connectivity index (χ4n) is 2.43. The number of fused-ring (bicyclic) bond motifs is 2. The van der Waals surface area contributed by atoms with Gasteiger partial charge in [0.1, 0.15) is 10.0 Å². The number of thiazole rings is 2. The van der Waals surface area contributed by atoms with Crippen molar-refractivity contribution in [3.8, 4) is 0 Å². The molecule has 2 heterocycles. The highest BCUT2D eigenvalue weighted by molar-refractivity contribution is 7.21. The molecule has 0 aliphatic heterocycles. The molecular weight excluding hydrogens is 322 g/mol. The second-order valence-electron chi connectivity index (χ2n) is 5.48. The van der Waals surface area contributed by atoms with E-state index < -0.39 is 0 Å². The highest BCUT2D eigenvalue weighted by atomic mass is 32.1. The Labute approximate surface area is 142 Å². The molecule has 0 fully saturated rings. The maximum absolute atomic E-state index is 4.80. The van der Waals surface area contributed by atoms with E-state index in [4.69, 9.17) is 9.97 Å². The summed E-state index contributed by atoms with van der Waals surface area (Å²) in [5, 5.41) is 2.03. The van der Waals surface area contributed by atoms with Gasteiger partial charge in [0.15, 0.2) is 0 Å². The molecule has 0 aliphatic rings. The molecule has 114 valence electrons. The van der Waals surface area contributed by atoms with Crippen LogP contribution in [0.3, 0.4) is 0 Å². The third kappa shape index (κ3) is 2.73. The molecule has 3 nitrogen and oxygen atoms in total. The zero-order valence-corrected chi connectivity index (χ0v) is 14.5. The van der Waals surface area contributed by atoms with E-state index >= 15 is 0 Å². The molecule has 0 atom stereocenters. The summed E-state index contributed by atoms with van der Waals surface area (Å²) in [5.41, 5.74) is 3.16. The Morgan fingerprint density at radius 3 is 1.74 bits per heavy atom. The Bertz CT molecular complexity index is 869. The topological polar surface area (TPSA) is 29.0 Å². The average molecular weight is 337 g/mol. The summed E-state index contributed by atoms with van der Waals surface area (Å²) < 4.78 is 2.40. The summed E-state index contributed by atoms with van der Waals surface area (Å²) in [6, 6.07) is 16.5. The SMILES string of the molecule is CN(C)C=C(c1nc2ccccc2s1)c1nc2ccccc2s1. The quantitative estimate of drug-likeness (QED) is 0.535. The van der Waals surface area contributed by atoms with E-state index in [1.807, 2.05) is 31.1 Å². The Kier molecular flexibility index (Phi) is 3.59. The van der Waals surface area contributed by atoms with Crippen LogP contribution in [0, 0.1) is 0 Å². The van der Waals surface area contributed by atoms with Crippen molar-refractivity contribution in [3.05, 3.63) is 64.7 Å². The molecule has 0 aliphatic carbocycles. The van der Waals surface area contributed by atoms with Crippen LogP contribution in [0.5, 0.6) is 0 Å². The number of benzene rings is 2. The zero-order chi connectivity index (χ0) is 15.8. The number of hydrogen-bond donors (Lipinski definition) is 0. The predicted octanol–water partition coefficient (Wildman–Crippen LogP) is 4.86. The van der Waals surface area contributed by atoms with Gasteiger partial charge in [-0.1, -0.05) is 24.3 Å². The van der Waals surface area contributed by atoms with E-state index in [1.165, 1.54) is 9.40 Å². The molecule has 0 spiro atoms. The zero-order valence-electron chi connectivity index (χ0n) is 12.9. The van der Waals surface area contributed by atoms with Crippen LogP contribution in [-0.2, 0) is 0 Å². The summed E-state index contributed by atoms with van der Waals surface area (Å²) in [5.74, 6) is 0. The summed E-state index contributed by atoms with van der Waals surface area (Å²) in [4.78, 5) is 11.7. The molecule has 23 heavy (non-hydrogen) atoms. The standard InChI is InChI=1S/C18H15N3S2/c1-21(2)11-12(17-19-13-7-3-5-9-15(13)22-17)18-20-14-8-4-6-10-16(14)23-18/h3-11H,1-2H3. The molecule has 0 saturated heterocycles. The van der Waals surface area contributed by atoms with Gasteiger partial charge in [0, 0.05) is 20.3 Å². The van der Waals surface area contributed by atoms with Crippen LogP contribution in [0.15, 0.2) is 54.7 Å². The lowest BCUT2D eigenvalue weighted by Gasteiger charge is -2.07. The minimum absolute atomic E-state index is 1.01. The Hall–Kier alpha value is -2.24. The molecule has 0 N–H and O–H groups in total.